The molecule has 3 aromatic rings. The molecule has 2 aliphatic heterocycles. The third-order valence-electron chi connectivity index (χ3n) is 6.62. The number of carbonyl (C=O) groups excluding carboxylic acids is 2. The molecule has 0 bridgehead atoms. The SMILES string of the molecule is CN1N=C(c2ccccc2)[C@H](C(c2ccccc2[N+](=O)[O-])[C@@H]2C(=O)N(C)N=C2c2ccccc2)C1=O. The lowest BCUT2D eigenvalue weighted by atomic mass is 9.70. The van der Waals surface area contributed by atoms with E-state index in [0.717, 1.165) is 0 Å². The number of hydrogen-bond acceptors (Lipinski definition) is 6. The zero-order valence-corrected chi connectivity index (χ0v) is 19.7. The molecule has 2 amide bonds. The van der Waals surface area contributed by atoms with Crippen molar-refractivity contribution in [1.29, 1.82) is 0 Å². The monoisotopic (exact) mass is 481 g/mol. The number of nitro benzene ring substituents is 1. The van der Waals surface area contributed by atoms with Gasteiger partial charge in [0.25, 0.3) is 17.5 Å². The van der Waals surface area contributed by atoms with Gasteiger partial charge in [-0.15, -0.1) is 0 Å². The van der Waals surface area contributed by atoms with E-state index in [1.807, 2.05) is 60.7 Å². The fourth-order valence-corrected chi connectivity index (χ4v) is 5.01. The number of benzene rings is 3. The van der Waals surface area contributed by atoms with Crippen LogP contribution in [0.4, 0.5) is 5.69 Å². The molecule has 0 spiro atoms. The number of carbonyl (C=O) groups is 2. The Morgan fingerprint density at radius 3 is 1.58 bits per heavy atom. The summed E-state index contributed by atoms with van der Waals surface area (Å²) in [5, 5.41) is 23.6. The molecule has 9 nitrogen and oxygen atoms in total. The quantitative estimate of drug-likeness (QED) is 0.395. The Labute approximate surface area is 207 Å². The van der Waals surface area contributed by atoms with Crippen molar-refractivity contribution < 1.29 is 14.5 Å². The molecule has 0 aromatic heterocycles. The minimum atomic E-state index is -0.937. The fourth-order valence-electron chi connectivity index (χ4n) is 5.01. The van der Waals surface area contributed by atoms with Crippen molar-refractivity contribution in [3.63, 3.8) is 0 Å². The van der Waals surface area contributed by atoms with Crippen LogP contribution in [0.5, 0.6) is 0 Å². The third kappa shape index (κ3) is 3.84. The lowest BCUT2D eigenvalue weighted by Crippen LogP contribution is -2.40. The summed E-state index contributed by atoms with van der Waals surface area (Å²) >= 11 is 0. The number of nitro groups is 1. The summed E-state index contributed by atoms with van der Waals surface area (Å²) in [5.41, 5.74) is 2.47. The average Bonchev–Trinajstić information content (AvgIpc) is 3.36. The van der Waals surface area contributed by atoms with Gasteiger partial charge >= 0.3 is 0 Å². The van der Waals surface area contributed by atoms with Crippen molar-refractivity contribution in [2.75, 3.05) is 14.1 Å². The standard InChI is InChI=1S/C27H23N5O4/c1-30-26(33)22(24(28-30)17-11-5-3-6-12-17)21(19-15-9-10-16-20(19)32(35)36)23-25(29-31(2)27(23)34)18-13-7-4-8-14-18/h3-16,21-23H,1-2H3/t22-,23-/m0/s1. The lowest BCUT2D eigenvalue weighted by molar-refractivity contribution is -0.385. The molecule has 0 radical (unpaired) electrons. The molecule has 2 aliphatic rings. The Kier molecular flexibility index (Phi) is 5.89. The van der Waals surface area contributed by atoms with Crippen LogP contribution in [0.3, 0.4) is 0 Å². The number of nitrogens with zero attached hydrogens (tertiary/aromatic N) is 5. The highest BCUT2D eigenvalue weighted by atomic mass is 16.6. The predicted molar refractivity (Wildman–Crippen MR) is 134 cm³/mol. The van der Waals surface area contributed by atoms with Gasteiger partial charge in [-0.3, -0.25) is 19.7 Å². The van der Waals surface area contributed by atoms with E-state index in [4.69, 9.17) is 0 Å². The summed E-state index contributed by atoms with van der Waals surface area (Å²) in [7, 11) is 3.10. The molecule has 3 aromatic carbocycles. The molecule has 9 heteroatoms. The van der Waals surface area contributed by atoms with Gasteiger partial charge in [-0.1, -0.05) is 78.9 Å². The molecule has 2 heterocycles. The van der Waals surface area contributed by atoms with E-state index in [1.165, 1.54) is 16.1 Å². The first kappa shape index (κ1) is 23.1. The number of rotatable bonds is 6. The highest BCUT2D eigenvalue weighted by molar-refractivity contribution is 6.21. The zero-order valence-electron chi connectivity index (χ0n) is 19.7. The topological polar surface area (TPSA) is 108 Å². The van der Waals surface area contributed by atoms with Gasteiger partial charge in [0, 0.05) is 31.6 Å². The summed E-state index contributed by atoms with van der Waals surface area (Å²) in [6.45, 7) is 0. The number of para-hydroxylation sites is 1. The van der Waals surface area contributed by atoms with E-state index < -0.39 is 22.7 Å². The molecular weight excluding hydrogens is 458 g/mol. The predicted octanol–water partition coefficient (Wildman–Crippen LogP) is 3.66. The Bertz CT molecular complexity index is 1320. The summed E-state index contributed by atoms with van der Waals surface area (Å²) in [5.74, 6) is -3.47. The van der Waals surface area contributed by atoms with Crippen molar-refractivity contribution in [3.05, 3.63) is 112 Å². The van der Waals surface area contributed by atoms with Crippen molar-refractivity contribution in [2.24, 2.45) is 22.0 Å². The Morgan fingerprint density at radius 1 is 0.722 bits per heavy atom. The Morgan fingerprint density at radius 2 is 1.14 bits per heavy atom. The normalized spacial score (nSPS) is 19.6. The van der Waals surface area contributed by atoms with Crippen molar-refractivity contribution in [2.45, 2.75) is 5.92 Å². The first-order valence-corrected chi connectivity index (χ1v) is 11.4. The molecular formula is C27H23N5O4. The maximum Gasteiger partial charge on any atom is 0.272 e. The largest absolute Gasteiger partial charge is 0.272 e. The van der Waals surface area contributed by atoms with E-state index in [-0.39, 0.29) is 23.1 Å². The van der Waals surface area contributed by atoms with E-state index in [9.17, 15) is 19.7 Å². The van der Waals surface area contributed by atoms with Gasteiger partial charge in [-0.2, -0.15) is 10.2 Å². The van der Waals surface area contributed by atoms with E-state index in [2.05, 4.69) is 10.2 Å². The smallest absolute Gasteiger partial charge is 0.272 e. The van der Waals surface area contributed by atoms with Crippen LogP contribution in [0.1, 0.15) is 22.6 Å². The number of amides is 2. The summed E-state index contributed by atoms with van der Waals surface area (Å²) in [6, 6.07) is 24.7. The molecule has 36 heavy (non-hydrogen) atoms. The van der Waals surface area contributed by atoms with Crippen LogP contribution in [-0.2, 0) is 9.59 Å². The first-order chi connectivity index (χ1) is 17.4. The molecule has 5 rings (SSSR count). The van der Waals surface area contributed by atoms with Gasteiger partial charge < -0.3 is 0 Å². The molecule has 0 N–H and O–H groups in total. The minimum Gasteiger partial charge on any atom is -0.272 e. The number of hydrogen-bond donors (Lipinski definition) is 0. The zero-order chi connectivity index (χ0) is 25.4. The van der Waals surface area contributed by atoms with Crippen LogP contribution in [0.25, 0.3) is 0 Å². The second kappa shape index (κ2) is 9.18. The third-order valence-corrected chi connectivity index (χ3v) is 6.62. The van der Waals surface area contributed by atoms with E-state index in [1.54, 1.807) is 32.3 Å². The van der Waals surface area contributed by atoms with Crippen LogP contribution in [0, 0.1) is 22.0 Å². The van der Waals surface area contributed by atoms with Crippen molar-refractivity contribution >= 4 is 28.9 Å². The molecule has 0 aliphatic carbocycles. The molecule has 0 fully saturated rings. The van der Waals surface area contributed by atoms with Gasteiger partial charge in [-0.25, -0.2) is 10.0 Å². The first-order valence-electron chi connectivity index (χ1n) is 11.4. The van der Waals surface area contributed by atoms with Gasteiger partial charge in [0.1, 0.15) is 0 Å². The Balaban J connectivity index is 1.76. The Hall–Kier alpha value is -4.66. The van der Waals surface area contributed by atoms with Gasteiger partial charge in [0.2, 0.25) is 0 Å². The second-order valence-electron chi connectivity index (χ2n) is 8.72. The van der Waals surface area contributed by atoms with Gasteiger partial charge in [-0.05, 0) is 11.1 Å². The van der Waals surface area contributed by atoms with Gasteiger partial charge in [0.15, 0.2) is 0 Å². The van der Waals surface area contributed by atoms with Crippen LogP contribution in [0.15, 0.2) is 95.1 Å². The van der Waals surface area contributed by atoms with Crippen molar-refractivity contribution in [1.82, 2.24) is 10.0 Å². The van der Waals surface area contributed by atoms with E-state index >= 15 is 0 Å². The molecule has 0 saturated carbocycles. The number of hydrazone groups is 2. The molecule has 0 saturated heterocycles. The van der Waals surface area contributed by atoms with Crippen LogP contribution < -0.4 is 0 Å². The highest BCUT2D eigenvalue weighted by Crippen LogP contribution is 2.45. The second-order valence-corrected chi connectivity index (χ2v) is 8.72. The maximum atomic E-state index is 13.6. The van der Waals surface area contributed by atoms with Gasteiger partial charge in [0.05, 0.1) is 28.2 Å². The maximum absolute atomic E-state index is 13.6. The molecule has 2 atom stereocenters. The van der Waals surface area contributed by atoms with Crippen LogP contribution in [0.2, 0.25) is 0 Å². The fraction of sp³-hybridized carbons (Fsp3) is 0.185. The van der Waals surface area contributed by atoms with Crippen molar-refractivity contribution in [3.8, 4) is 0 Å². The molecule has 180 valence electrons. The summed E-state index contributed by atoms with van der Waals surface area (Å²) in [4.78, 5) is 38.9. The van der Waals surface area contributed by atoms with Crippen LogP contribution >= 0.6 is 0 Å². The highest BCUT2D eigenvalue weighted by Gasteiger charge is 2.52. The van der Waals surface area contributed by atoms with E-state index in [0.29, 0.717) is 22.6 Å². The summed E-state index contributed by atoms with van der Waals surface area (Å²) in [6.07, 6.45) is 0. The average molecular weight is 482 g/mol. The lowest BCUT2D eigenvalue weighted by Gasteiger charge is -2.29. The molecule has 0 unspecified atom stereocenters. The minimum absolute atomic E-state index is 0.160. The summed E-state index contributed by atoms with van der Waals surface area (Å²) < 4.78 is 0. The van der Waals surface area contributed by atoms with Crippen LogP contribution in [-0.4, -0.2) is 52.3 Å².